The van der Waals surface area contributed by atoms with Crippen LogP contribution in [0.15, 0.2) is 30.3 Å². The van der Waals surface area contributed by atoms with Gasteiger partial charge in [0.25, 0.3) is 5.91 Å². The average Bonchev–Trinajstić information content (AvgIpc) is 2.94. The molecule has 0 aliphatic rings. The number of nitrogens with one attached hydrogen (secondary N) is 1. The van der Waals surface area contributed by atoms with Crippen molar-refractivity contribution in [3.63, 3.8) is 0 Å². The molecule has 1 aromatic carbocycles. The Kier molecular flexibility index (Phi) is 4.67. The number of aromatic nitrogens is 3. The second kappa shape index (κ2) is 6.90. The smallest absolute Gasteiger partial charge is 0.251 e. The predicted molar refractivity (Wildman–Crippen MR) is 95.4 cm³/mol. The van der Waals surface area contributed by atoms with E-state index in [0.717, 1.165) is 22.2 Å². The van der Waals surface area contributed by atoms with E-state index in [4.69, 9.17) is 14.5 Å². The molecule has 2 aromatic heterocycles. The van der Waals surface area contributed by atoms with Crippen molar-refractivity contribution < 1.29 is 14.3 Å². The van der Waals surface area contributed by atoms with Crippen LogP contribution in [-0.2, 0) is 9.53 Å². The third kappa shape index (κ3) is 3.32. The molecule has 7 nitrogen and oxygen atoms in total. The number of carbonyl (C=O) groups excluding carboxylic acids is 1. The van der Waals surface area contributed by atoms with Gasteiger partial charge < -0.3 is 14.8 Å². The van der Waals surface area contributed by atoms with Gasteiger partial charge in [0.2, 0.25) is 0 Å². The van der Waals surface area contributed by atoms with Gasteiger partial charge in [0.05, 0.1) is 12.8 Å². The first kappa shape index (κ1) is 16.9. The van der Waals surface area contributed by atoms with Crippen LogP contribution in [0.2, 0.25) is 0 Å². The SMILES string of the molecule is COCC(=O)Nc1cc(C)nn1-c1cc(C)c2cccc(OC)c2n1. The largest absolute Gasteiger partial charge is 0.494 e. The fourth-order valence-corrected chi connectivity index (χ4v) is 2.72. The lowest BCUT2D eigenvalue weighted by Gasteiger charge is -2.12. The molecule has 130 valence electrons. The zero-order valence-corrected chi connectivity index (χ0v) is 14.7. The van der Waals surface area contributed by atoms with Crippen molar-refractivity contribution in [2.75, 3.05) is 26.1 Å². The lowest BCUT2D eigenvalue weighted by atomic mass is 10.1. The third-order valence-electron chi connectivity index (χ3n) is 3.81. The molecule has 0 aliphatic heterocycles. The molecule has 0 atom stereocenters. The summed E-state index contributed by atoms with van der Waals surface area (Å²) in [6.45, 7) is 3.84. The number of hydrogen-bond donors (Lipinski definition) is 1. The van der Waals surface area contributed by atoms with E-state index < -0.39 is 0 Å². The molecule has 0 bridgehead atoms. The number of para-hydroxylation sites is 1. The Bertz CT molecular complexity index is 933. The van der Waals surface area contributed by atoms with Gasteiger partial charge in [-0.2, -0.15) is 9.78 Å². The van der Waals surface area contributed by atoms with E-state index in [1.54, 1.807) is 17.9 Å². The Labute approximate surface area is 145 Å². The first-order chi connectivity index (χ1) is 12.0. The molecule has 1 amide bonds. The summed E-state index contributed by atoms with van der Waals surface area (Å²) in [5.41, 5.74) is 2.57. The van der Waals surface area contributed by atoms with Crippen LogP contribution in [0.1, 0.15) is 11.3 Å². The topological polar surface area (TPSA) is 78.3 Å². The number of pyridine rings is 1. The second-order valence-electron chi connectivity index (χ2n) is 5.72. The Morgan fingerprint density at radius 1 is 1.24 bits per heavy atom. The predicted octanol–water partition coefficient (Wildman–Crippen LogP) is 2.63. The molecular weight excluding hydrogens is 320 g/mol. The summed E-state index contributed by atoms with van der Waals surface area (Å²) in [7, 11) is 3.09. The first-order valence-electron chi connectivity index (χ1n) is 7.83. The number of nitrogens with zero attached hydrogens (tertiary/aromatic N) is 3. The highest BCUT2D eigenvalue weighted by atomic mass is 16.5. The highest BCUT2D eigenvalue weighted by molar-refractivity contribution is 5.91. The Morgan fingerprint density at radius 2 is 2.04 bits per heavy atom. The number of carbonyl (C=O) groups is 1. The second-order valence-corrected chi connectivity index (χ2v) is 5.72. The van der Waals surface area contributed by atoms with Crippen molar-refractivity contribution in [3.8, 4) is 11.6 Å². The van der Waals surface area contributed by atoms with E-state index in [9.17, 15) is 4.79 Å². The molecule has 0 aliphatic carbocycles. The minimum atomic E-state index is -0.251. The van der Waals surface area contributed by atoms with E-state index in [2.05, 4.69) is 10.4 Å². The number of anilines is 1. The maximum Gasteiger partial charge on any atom is 0.251 e. The number of fused-ring (bicyclic) bond motifs is 1. The van der Waals surface area contributed by atoms with Crippen molar-refractivity contribution in [2.24, 2.45) is 0 Å². The van der Waals surface area contributed by atoms with Crippen LogP contribution in [0.4, 0.5) is 5.82 Å². The number of hydrogen-bond acceptors (Lipinski definition) is 5. The van der Waals surface area contributed by atoms with Gasteiger partial charge in [-0.05, 0) is 31.5 Å². The van der Waals surface area contributed by atoms with Crippen LogP contribution in [0.25, 0.3) is 16.7 Å². The van der Waals surface area contributed by atoms with Crippen molar-refractivity contribution in [2.45, 2.75) is 13.8 Å². The summed E-state index contributed by atoms with van der Waals surface area (Å²) in [6, 6.07) is 9.52. The van der Waals surface area contributed by atoms with Crippen LogP contribution < -0.4 is 10.1 Å². The lowest BCUT2D eigenvalue weighted by molar-refractivity contribution is -0.119. The maximum absolute atomic E-state index is 11.9. The van der Waals surface area contributed by atoms with Gasteiger partial charge in [-0.15, -0.1) is 0 Å². The van der Waals surface area contributed by atoms with Crippen LogP contribution in [0, 0.1) is 13.8 Å². The monoisotopic (exact) mass is 340 g/mol. The summed E-state index contributed by atoms with van der Waals surface area (Å²) >= 11 is 0. The number of benzene rings is 1. The summed E-state index contributed by atoms with van der Waals surface area (Å²) in [5, 5.41) is 8.26. The molecular formula is C18H20N4O3. The van der Waals surface area contributed by atoms with E-state index >= 15 is 0 Å². The van der Waals surface area contributed by atoms with Gasteiger partial charge in [-0.3, -0.25) is 4.79 Å². The third-order valence-corrected chi connectivity index (χ3v) is 3.81. The number of amides is 1. The molecule has 2 heterocycles. The fraction of sp³-hybridized carbons (Fsp3) is 0.278. The zero-order valence-electron chi connectivity index (χ0n) is 14.7. The summed E-state index contributed by atoms with van der Waals surface area (Å²) < 4.78 is 11.9. The number of ether oxygens (including phenoxy) is 2. The van der Waals surface area contributed by atoms with Crippen LogP contribution in [0.5, 0.6) is 5.75 Å². The Hall–Kier alpha value is -2.93. The minimum Gasteiger partial charge on any atom is -0.494 e. The van der Waals surface area contributed by atoms with Gasteiger partial charge in [0.1, 0.15) is 23.7 Å². The van der Waals surface area contributed by atoms with Crippen LogP contribution >= 0.6 is 0 Å². The Morgan fingerprint density at radius 3 is 2.76 bits per heavy atom. The minimum absolute atomic E-state index is 0.0256. The van der Waals surface area contributed by atoms with E-state index in [-0.39, 0.29) is 12.5 Å². The van der Waals surface area contributed by atoms with Crippen LogP contribution in [-0.4, -0.2) is 41.5 Å². The van der Waals surface area contributed by atoms with Crippen molar-refractivity contribution in [3.05, 3.63) is 41.6 Å². The molecule has 3 rings (SSSR count). The molecule has 0 fully saturated rings. The van der Waals surface area contributed by atoms with Crippen LogP contribution in [0.3, 0.4) is 0 Å². The zero-order chi connectivity index (χ0) is 18.0. The van der Waals surface area contributed by atoms with E-state index in [0.29, 0.717) is 17.4 Å². The molecule has 0 unspecified atom stereocenters. The van der Waals surface area contributed by atoms with Gasteiger partial charge >= 0.3 is 0 Å². The molecule has 7 heteroatoms. The summed E-state index contributed by atoms with van der Waals surface area (Å²) in [5.74, 6) is 1.59. The van der Waals surface area contributed by atoms with Gasteiger partial charge in [0.15, 0.2) is 5.82 Å². The number of aryl methyl sites for hydroxylation is 2. The number of methoxy groups -OCH3 is 2. The van der Waals surface area contributed by atoms with Crippen molar-refractivity contribution >= 4 is 22.6 Å². The van der Waals surface area contributed by atoms with Gasteiger partial charge in [-0.1, -0.05) is 12.1 Å². The molecule has 0 saturated heterocycles. The molecule has 1 N–H and O–H groups in total. The highest BCUT2D eigenvalue weighted by Gasteiger charge is 2.14. The van der Waals surface area contributed by atoms with E-state index in [1.807, 2.05) is 38.1 Å². The van der Waals surface area contributed by atoms with E-state index in [1.165, 1.54) is 7.11 Å². The molecule has 3 aromatic rings. The van der Waals surface area contributed by atoms with Gasteiger partial charge in [0, 0.05) is 18.6 Å². The summed E-state index contributed by atoms with van der Waals surface area (Å²) in [6.07, 6.45) is 0. The fourth-order valence-electron chi connectivity index (χ4n) is 2.72. The van der Waals surface area contributed by atoms with Crippen molar-refractivity contribution in [1.29, 1.82) is 0 Å². The average molecular weight is 340 g/mol. The molecule has 0 radical (unpaired) electrons. The quantitative estimate of drug-likeness (QED) is 0.772. The maximum atomic E-state index is 11.9. The summed E-state index contributed by atoms with van der Waals surface area (Å²) in [4.78, 5) is 16.6. The normalized spacial score (nSPS) is 10.9. The Balaban J connectivity index is 2.12. The highest BCUT2D eigenvalue weighted by Crippen LogP contribution is 2.28. The van der Waals surface area contributed by atoms with Gasteiger partial charge in [-0.25, -0.2) is 4.98 Å². The van der Waals surface area contributed by atoms with Crippen molar-refractivity contribution in [1.82, 2.24) is 14.8 Å². The standard InChI is InChI=1S/C18H20N4O3/c1-11-8-15(20-18-13(11)6-5-7-14(18)25-4)22-16(9-12(2)21-22)19-17(23)10-24-3/h5-9H,10H2,1-4H3,(H,19,23). The molecule has 0 spiro atoms. The first-order valence-corrected chi connectivity index (χ1v) is 7.83. The molecule has 25 heavy (non-hydrogen) atoms. The number of rotatable bonds is 5. The lowest BCUT2D eigenvalue weighted by Crippen LogP contribution is -2.19. The molecule has 0 saturated carbocycles.